The minimum atomic E-state index is -0.942. The molecule has 0 N–H and O–H groups in total. The van der Waals surface area contributed by atoms with Gasteiger partial charge in [0.1, 0.15) is 5.92 Å². The first-order valence-electron chi connectivity index (χ1n) is 7.44. The van der Waals surface area contributed by atoms with Crippen molar-refractivity contribution in [2.24, 2.45) is 5.92 Å². The van der Waals surface area contributed by atoms with E-state index in [4.69, 9.17) is 14.3 Å². The predicted molar refractivity (Wildman–Crippen MR) is 78.5 cm³/mol. The molecule has 0 radical (unpaired) electrons. The fourth-order valence-electron chi connectivity index (χ4n) is 2.36. The summed E-state index contributed by atoms with van der Waals surface area (Å²) >= 11 is 0. The molecule has 0 spiro atoms. The Hall–Kier alpha value is -1.92. The van der Waals surface area contributed by atoms with Crippen molar-refractivity contribution in [2.45, 2.75) is 26.5 Å². The highest BCUT2D eigenvalue weighted by molar-refractivity contribution is 5.84. The predicted octanol–water partition coefficient (Wildman–Crippen LogP) is 1.54. The molecule has 1 aromatic rings. The quantitative estimate of drug-likeness (QED) is 0.743. The number of hydrogen-bond donors (Lipinski definition) is 0. The molecule has 1 saturated heterocycles. The van der Waals surface area contributed by atoms with Gasteiger partial charge in [0, 0.05) is 13.1 Å². The summed E-state index contributed by atoms with van der Waals surface area (Å²) in [7, 11) is 0. The smallest absolute Gasteiger partial charge is 0.338 e. The van der Waals surface area contributed by atoms with Gasteiger partial charge in [0.05, 0.1) is 13.2 Å². The lowest BCUT2D eigenvalue weighted by Gasteiger charge is -2.15. The van der Waals surface area contributed by atoms with Gasteiger partial charge in [-0.3, -0.25) is 9.63 Å². The van der Waals surface area contributed by atoms with Crippen LogP contribution in [0.3, 0.4) is 0 Å². The van der Waals surface area contributed by atoms with E-state index in [0.29, 0.717) is 13.1 Å². The van der Waals surface area contributed by atoms with E-state index in [1.54, 1.807) is 18.9 Å². The Morgan fingerprint density at radius 2 is 1.77 bits per heavy atom. The molecule has 0 bridgehead atoms. The highest BCUT2D eigenvalue weighted by Crippen LogP contribution is 2.25. The molecule has 0 saturated carbocycles. The highest BCUT2D eigenvalue weighted by Gasteiger charge is 2.45. The molecule has 1 fully saturated rings. The highest BCUT2D eigenvalue weighted by atomic mass is 16.7. The van der Waals surface area contributed by atoms with Crippen LogP contribution in [0.25, 0.3) is 0 Å². The summed E-state index contributed by atoms with van der Waals surface area (Å²) in [6, 6.07) is 9.70. The van der Waals surface area contributed by atoms with Crippen LogP contribution in [0.2, 0.25) is 0 Å². The average Bonchev–Trinajstić information content (AvgIpc) is 2.93. The number of carbonyl (C=O) groups excluding carboxylic acids is 2. The molecule has 120 valence electrons. The summed E-state index contributed by atoms with van der Waals surface area (Å²) in [4.78, 5) is 29.6. The second-order valence-corrected chi connectivity index (χ2v) is 4.94. The van der Waals surface area contributed by atoms with E-state index in [9.17, 15) is 9.59 Å². The zero-order valence-electron chi connectivity index (χ0n) is 12.9. The number of hydroxylamine groups is 2. The molecule has 2 atom stereocenters. The fourth-order valence-corrected chi connectivity index (χ4v) is 2.36. The Kier molecular flexibility index (Phi) is 5.91. The van der Waals surface area contributed by atoms with Crippen molar-refractivity contribution in [3.05, 3.63) is 35.9 Å². The van der Waals surface area contributed by atoms with Crippen molar-refractivity contribution in [3.63, 3.8) is 0 Å². The molecule has 2 rings (SSSR count). The number of esters is 2. The van der Waals surface area contributed by atoms with Gasteiger partial charge in [-0.2, -0.15) is 5.06 Å². The third kappa shape index (κ3) is 4.05. The first kappa shape index (κ1) is 16.5. The van der Waals surface area contributed by atoms with Crippen LogP contribution in [0.1, 0.15) is 19.4 Å². The van der Waals surface area contributed by atoms with Gasteiger partial charge in [-0.15, -0.1) is 0 Å². The molecular formula is C16H21NO5. The van der Waals surface area contributed by atoms with Crippen molar-refractivity contribution < 1.29 is 23.9 Å². The SMILES string of the molecule is CCOC(=O)C1CN(Cc2ccccc2)OC1C(=O)OCC. The minimum absolute atomic E-state index is 0.243. The monoisotopic (exact) mass is 307 g/mol. The first-order valence-corrected chi connectivity index (χ1v) is 7.44. The molecule has 1 aromatic carbocycles. The van der Waals surface area contributed by atoms with Crippen LogP contribution in [0.15, 0.2) is 30.3 Å². The molecule has 6 nitrogen and oxygen atoms in total. The molecule has 1 aliphatic rings. The molecule has 0 aliphatic carbocycles. The summed E-state index contributed by atoms with van der Waals surface area (Å²) in [6.45, 7) is 4.75. The van der Waals surface area contributed by atoms with Crippen LogP contribution in [-0.2, 0) is 30.4 Å². The lowest BCUT2D eigenvalue weighted by Crippen LogP contribution is -2.35. The Bertz CT molecular complexity index is 479. The second-order valence-electron chi connectivity index (χ2n) is 4.94. The third-order valence-corrected chi connectivity index (χ3v) is 3.34. The number of nitrogens with zero attached hydrogens (tertiary/aromatic N) is 1. The van der Waals surface area contributed by atoms with Gasteiger partial charge in [0.15, 0.2) is 6.10 Å². The lowest BCUT2D eigenvalue weighted by atomic mass is 10.0. The average molecular weight is 307 g/mol. The maximum absolute atomic E-state index is 12.0. The summed E-state index contributed by atoms with van der Waals surface area (Å²) < 4.78 is 10.0. The molecule has 6 heteroatoms. The van der Waals surface area contributed by atoms with Crippen molar-refractivity contribution >= 4 is 11.9 Å². The van der Waals surface area contributed by atoms with E-state index >= 15 is 0 Å². The third-order valence-electron chi connectivity index (χ3n) is 3.34. The molecule has 0 aromatic heterocycles. The second kappa shape index (κ2) is 7.91. The Morgan fingerprint density at radius 1 is 1.14 bits per heavy atom. The lowest BCUT2D eigenvalue weighted by molar-refractivity contribution is -0.188. The number of carbonyl (C=O) groups is 2. The molecule has 0 amide bonds. The van der Waals surface area contributed by atoms with Gasteiger partial charge in [0.2, 0.25) is 0 Å². The largest absolute Gasteiger partial charge is 0.466 e. The number of benzene rings is 1. The van der Waals surface area contributed by atoms with Gasteiger partial charge in [-0.05, 0) is 19.4 Å². The Morgan fingerprint density at radius 3 is 2.41 bits per heavy atom. The summed E-state index contributed by atoms with van der Waals surface area (Å²) in [5, 5.41) is 1.61. The van der Waals surface area contributed by atoms with Crippen LogP contribution in [0.4, 0.5) is 0 Å². The molecule has 2 unspecified atom stereocenters. The van der Waals surface area contributed by atoms with Gasteiger partial charge >= 0.3 is 11.9 Å². The summed E-state index contributed by atoms with van der Waals surface area (Å²) in [6.07, 6.45) is -0.942. The molecule has 1 aliphatic heterocycles. The summed E-state index contributed by atoms with van der Waals surface area (Å²) in [5.41, 5.74) is 1.04. The van der Waals surface area contributed by atoms with E-state index in [0.717, 1.165) is 5.56 Å². The first-order chi connectivity index (χ1) is 10.7. The van der Waals surface area contributed by atoms with E-state index in [1.807, 2.05) is 30.3 Å². The van der Waals surface area contributed by atoms with Crippen molar-refractivity contribution in [2.75, 3.05) is 19.8 Å². The van der Waals surface area contributed by atoms with Crippen LogP contribution in [-0.4, -0.2) is 42.9 Å². The zero-order chi connectivity index (χ0) is 15.9. The van der Waals surface area contributed by atoms with Crippen LogP contribution < -0.4 is 0 Å². The minimum Gasteiger partial charge on any atom is -0.466 e. The van der Waals surface area contributed by atoms with Gasteiger partial charge in [0.25, 0.3) is 0 Å². The van der Waals surface area contributed by atoms with Crippen LogP contribution >= 0.6 is 0 Å². The maximum Gasteiger partial charge on any atom is 0.338 e. The fraction of sp³-hybridized carbons (Fsp3) is 0.500. The standard InChI is InChI=1S/C16H21NO5/c1-3-20-15(18)13-11-17(10-12-8-6-5-7-9-12)22-14(13)16(19)21-4-2/h5-9,13-14H,3-4,10-11H2,1-2H3. The van der Waals surface area contributed by atoms with E-state index in [1.165, 1.54) is 0 Å². The van der Waals surface area contributed by atoms with Crippen molar-refractivity contribution in [1.29, 1.82) is 0 Å². The molecule has 22 heavy (non-hydrogen) atoms. The van der Waals surface area contributed by atoms with Gasteiger partial charge in [-0.25, -0.2) is 4.79 Å². The number of hydrogen-bond acceptors (Lipinski definition) is 6. The topological polar surface area (TPSA) is 65.1 Å². The van der Waals surface area contributed by atoms with Crippen LogP contribution in [0, 0.1) is 5.92 Å². The molecular weight excluding hydrogens is 286 g/mol. The summed E-state index contributed by atoms with van der Waals surface area (Å²) in [5.74, 6) is -1.63. The van der Waals surface area contributed by atoms with Crippen LogP contribution in [0.5, 0.6) is 0 Å². The number of ether oxygens (including phenoxy) is 2. The van der Waals surface area contributed by atoms with E-state index in [-0.39, 0.29) is 13.2 Å². The molecule has 1 heterocycles. The van der Waals surface area contributed by atoms with E-state index in [2.05, 4.69) is 0 Å². The van der Waals surface area contributed by atoms with E-state index < -0.39 is 24.0 Å². The van der Waals surface area contributed by atoms with Gasteiger partial charge in [-0.1, -0.05) is 30.3 Å². The number of rotatable bonds is 6. The Balaban J connectivity index is 2.06. The Labute approximate surface area is 129 Å². The normalized spacial score (nSPS) is 21.5. The maximum atomic E-state index is 12.0. The van der Waals surface area contributed by atoms with Crippen molar-refractivity contribution in [1.82, 2.24) is 5.06 Å². The van der Waals surface area contributed by atoms with Gasteiger partial charge < -0.3 is 9.47 Å². The van der Waals surface area contributed by atoms with Crippen molar-refractivity contribution in [3.8, 4) is 0 Å². The zero-order valence-corrected chi connectivity index (χ0v) is 12.9.